The zero-order valence-corrected chi connectivity index (χ0v) is 13.4. The standard InChI is InChI=1S/C18H14N2O3S/c21-13-6-7-14(16(22)8-13)17(23)10-24-18-9-15(19-11-20-18)12-4-2-1-3-5-12/h1-9,11,21-22H,10H2. The molecular weight excluding hydrogens is 324 g/mol. The highest BCUT2D eigenvalue weighted by Crippen LogP contribution is 2.26. The van der Waals surface area contributed by atoms with Crippen molar-refractivity contribution in [3.8, 4) is 22.8 Å². The van der Waals surface area contributed by atoms with E-state index in [2.05, 4.69) is 9.97 Å². The summed E-state index contributed by atoms with van der Waals surface area (Å²) in [5.41, 5.74) is 1.94. The number of carbonyl (C=O) groups excluding carboxylic acids is 1. The van der Waals surface area contributed by atoms with Gasteiger partial charge in [-0.15, -0.1) is 0 Å². The minimum Gasteiger partial charge on any atom is -0.508 e. The number of phenolic OH excluding ortho intramolecular Hbond substituents is 2. The summed E-state index contributed by atoms with van der Waals surface area (Å²) in [5, 5.41) is 19.7. The van der Waals surface area contributed by atoms with Gasteiger partial charge in [0.15, 0.2) is 5.78 Å². The van der Waals surface area contributed by atoms with E-state index in [0.29, 0.717) is 5.03 Å². The van der Waals surface area contributed by atoms with Crippen LogP contribution in [0.25, 0.3) is 11.3 Å². The van der Waals surface area contributed by atoms with Gasteiger partial charge >= 0.3 is 0 Å². The molecule has 2 aromatic carbocycles. The quantitative estimate of drug-likeness (QED) is 0.421. The zero-order valence-electron chi connectivity index (χ0n) is 12.6. The third-order valence-corrected chi connectivity index (χ3v) is 4.27. The van der Waals surface area contributed by atoms with Crippen molar-refractivity contribution in [2.75, 3.05) is 5.75 Å². The van der Waals surface area contributed by atoms with Crippen LogP contribution < -0.4 is 0 Å². The van der Waals surface area contributed by atoms with Crippen LogP contribution in [0.3, 0.4) is 0 Å². The second-order valence-corrected chi connectivity index (χ2v) is 6.02. The number of carbonyl (C=O) groups is 1. The highest BCUT2D eigenvalue weighted by atomic mass is 32.2. The summed E-state index contributed by atoms with van der Waals surface area (Å²) in [6.45, 7) is 0. The Hall–Kier alpha value is -2.86. The first kappa shape index (κ1) is 16.0. The number of thioether (sulfide) groups is 1. The number of Topliss-reactive ketones (excluding diaryl/α,β-unsaturated/α-hetero) is 1. The first-order valence-electron chi connectivity index (χ1n) is 7.19. The minimum atomic E-state index is -0.239. The van der Waals surface area contributed by atoms with Crippen molar-refractivity contribution in [1.29, 1.82) is 0 Å². The Bertz CT molecular complexity index is 869. The maximum Gasteiger partial charge on any atom is 0.176 e. The summed E-state index contributed by atoms with van der Waals surface area (Å²) in [6, 6.07) is 15.5. The number of rotatable bonds is 5. The molecule has 0 radical (unpaired) electrons. The van der Waals surface area contributed by atoms with E-state index in [-0.39, 0.29) is 28.6 Å². The third-order valence-electron chi connectivity index (χ3n) is 3.34. The molecule has 0 aliphatic carbocycles. The molecule has 0 atom stereocenters. The van der Waals surface area contributed by atoms with Gasteiger partial charge in [0.05, 0.1) is 17.0 Å². The molecule has 0 bridgehead atoms. The van der Waals surface area contributed by atoms with Crippen LogP contribution in [-0.4, -0.2) is 31.7 Å². The van der Waals surface area contributed by atoms with Crippen LogP contribution in [0.15, 0.2) is 66.0 Å². The van der Waals surface area contributed by atoms with Gasteiger partial charge in [0.2, 0.25) is 0 Å². The molecule has 120 valence electrons. The van der Waals surface area contributed by atoms with Gasteiger partial charge in [-0.25, -0.2) is 9.97 Å². The first-order chi connectivity index (χ1) is 11.6. The molecule has 0 saturated carbocycles. The SMILES string of the molecule is O=C(CSc1cc(-c2ccccc2)ncn1)c1ccc(O)cc1O. The van der Waals surface area contributed by atoms with Gasteiger partial charge in [-0.2, -0.15) is 0 Å². The molecule has 0 aliphatic rings. The fourth-order valence-corrected chi connectivity index (χ4v) is 2.91. The van der Waals surface area contributed by atoms with Gasteiger partial charge in [0, 0.05) is 11.6 Å². The molecule has 0 unspecified atom stereocenters. The van der Waals surface area contributed by atoms with Gasteiger partial charge in [0.1, 0.15) is 22.9 Å². The van der Waals surface area contributed by atoms with Crippen molar-refractivity contribution < 1.29 is 15.0 Å². The van der Waals surface area contributed by atoms with E-state index in [0.717, 1.165) is 17.3 Å². The number of aromatic nitrogens is 2. The number of hydrogen-bond donors (Lipinski definition) is 2. The monoisotopic (exact) mass is 338 g/mol. The van der Waals surface area contributed by atoms with E-state index >= 15 is 0 Å². The summed E-state index contributed by atoms with van der Waals surface area (Å²) in [6.07, 6.45) is 1.47. The summed E-state index contributed by atoms with van der Waals surface area (Å²) in [7, 11) is 0. The van der Waals surface area contributed by atoms with E-state index < -0.39 is 0 Å². The highest BCUT2D eigenvalue weighted by Gasteiger charge is 2.13. The van der Waals surface area contributed by atoms with E-state index in [1.165, 1.54) is 30.2 Å². The lowest BCUT2D eigenvalue weighted by atomic mass is 10.1. The average Bonchev–Trinajstić information content (AvgIpc) is 2.61. The van der Waals surface area contributed by atoms with E-state index in [4.69, 9.17) is 0 Å². The van der Waals surface area contributed by atoms with Gasteiger partial charge in [-0.1, -0.05) is 42.1 Å². The zero-order chi connectivity index (χ0) is 16.9. The Morgan fingerprint density at radius 1 is 1.00 bits per heavy atom. The van der Waals surface area contributed by atoms with Crippen molar-refractivity contribution in [1.82, 2.24) is 9.97 Å². The van der Waals surface area contributed by atoms with Crippen molar-refractivity contribution in [2.24, 2.45) is 0 Å². The average molecular weight is 338 g/mol. The third kappa shape index (κ3) is 3.72. The van der Waals surface area contributed by atoms with Crippen LogP contribution in [-0.2, 0) is 0 Å². The Morgan fingerprint density at radius 2 is 1.79 bits per heavy atom. The maximum atomic E-state index is 12.2. The number of phenols is 2. The smallest absolute Gasteiger partial charge is 0.176 e. The van der Waals surface area contributed by atoms with Gasteiger partial charge < -0.3 is 10.2 Å². The lowest BCUT2D eigenvalue weighted by Gasteiger charge is -2.05. The Balaban J connectivity index is 1.72. The summed E-state index contributed by atoms with van der Waals surface area (Å²) in [5.74, 6) is -0.422. The summed E-state index contributed by atoms with van der Waals surface area (Å²) in [4.78, 5) is 20.6. The number of nitrogens with zero attached hydrogens (tertiary/aromatic N) is 2. The van der Waals surface area contributed by atoms with Gasteiger partial charge in [-0.3, -0.25) is 4.79 Å². The Kier molecular flexibility index (Phi) is 4.77. The predicted molar refractivity (Wildman–Crippen MR) is 92.3 cm³/mol. The normalized spacial score (nSPS) is 10.5. The topological polar surface area (TPSA) is 83.3 Å². The lowest BCUT2D eigenvalue weighted by Crippen LogP contribution is -2.03. The fraction of sp³-hybridized carbons (Fsp3) is 0.0556. The summed E-state index contributed by atoms with van der Waals surface area (Å²) < 4.78 is 0. The molecule has 0 fully saturated rings. The second kappa shape index (κ2) is 7.14. The largest absolute Gasteiger partial charge is 0.508 e. The Morgan fingerprint density at radius 3 is 2.54 bits per heavy atom. The molecule has 1 heterocycles. The molecule has 6 heteroatoms. The van der Waals surface area contributed by atoms with Crippen LogP contribution in [0.2, 0.25) is 0 Å². The number of benzene rings is 2. The maximum absolute atomic E-state index is 12.2. The molecule has 0 spiro atoms. The molecule has 24 heavy (non-hydrogen) atoms. The second-order valence-electron chi connectivity index (χ2n) is 5.02. The van der Waals surface area contributed by atoms with Gasteiger partial charge in [0.25, 0.3) is 0 Å². The Labute approximate surface area is 143 Å². The number of ketones is 1. The number of hydrogen-bond acceptors (Lipinski definition) is 6. The van der Waals surface area contributed by atoms with Crippen molar-refractivity contribution in [3.63, 3.8) is 0 Å². The molecule has 2 N–H and O–H groups in total. The molecule has 1 aromatic heterocycles. The minimum absolute atomic E-state index is 0.0833. The van der Waals surface area contributed by atoms with E-state index in [9.17, 15) is 15.0 Å². The van der Waals surface area contributed by atoms with Crippen LogP contribution in [0.1, 0.15) is 10.4 Å². The molecule has 0 amide bonds. The molecule has 5 nitrogen and oxygen atoms in total. The fourth-order valence-electron chi connectivity index (χ4n) is 2.16. The molecule has 0 aliphatic heterocycles. The first-order valence-corrected chi connectivity index (χ1v) is 8.17. The van der Waals surface area contributed by atoms with Crippen LogP contribution in [0, 0.1) is 0 Å². The predicted octanol–water partition coefficient (Wildman–Crippen LogP) is 3.53. The molecule has 0 saturated heterocycles. The number of aromatic hydroxyl groups is 2. The van der Waals surface area contributed by atoms with Crippen molar-refractivity contribution in [3.05, 3.63) is 66.5 Å². The summed E-state index contributed by atoms with van der Waals surface area (Å²) >= 11 is 1.27. The van der Waals surface area contributed by atoms with Crippen LogP contribution in [0.5, 0.6) is 11.5 Å². The van der Waals surface area contributed by atoms with Crippen LogP contribution >= 0.6 is 11.8 Å². The molecular formula is C18H14N2O3S. The lowest BCUT2D eigenvalue weighted by molar-refractivity contribution is 0.102. The molecule has 3 aromatic rings. The van der Waals surface area contributed by atoms with Crippen molar-refractivity contribution in [2.45, 2.75) is 5.03 Å². The van der Waals surface area contributed by atoms with E-state index in [1.54, 1.807) is 0 Å². The van der Waals surface area contributed by atoms with Crippen LogP contribution in [0.4, 0.5) is 0 Å². The van der Waals surface area contributed by atoms with E-state index in [1.807, 2.05) is 36.4 Å². The highest BCUT2D eigenvalue weighted by molar-refractivity contribution is 7.99. The molecule has 3 rings (SSSR count). The van der Waals surface area contributed by atoms with Crippen molar-refractivity contribution >= 4 is 17.5 Å². The van der Waals surface area contributed by atoms with Gasteiger partial charge in [-0.05, 0) is 18.2 Å².